The van der Waals surface area contributed by atoms with Crippen LogP contribution in [0.1, 0.15) is 40.5 Å². The molecular formula is C11H24N2. The van der Waals surface area contributed by atoms with Gasteiger partial charge in [-0.25, -0.2) is 0 Å². The second kappa shape index (κ2) is 4.43. The lowest BCUT2D eigenvalue weighted by molar-refractivity contribution is 0.153. The fourth-order valence-corrected chi connectivity index (χ4v) is 2.26. The Morgan fingerprint density at radius 2 is 1.69 bits per heavy atom. The number of hydrogen-bond donors (Lipinski definition) is 0. The van der Waals surface area contributed by atoms with Crippen molar-refractivity contribution in [3.63, 3.8) is 0 Å². The zero-order chi connectivity index (χ0) is 10.0. The van der Waals surface area contributed by atoms with Gasteiger partial charge in [0, 0.05) is 12.1 Å². The first-order valence-corrected chi connectivity index (χ1v) is 5.57. The normalized spacial score (nSPS) is 37.2. The lowest BCUT2D eigenvalue weighted by atomic mass is 10.1. The summed E-state index contributed by atoms with van der Waals surface area (Å²) in [6, 6.07) is 1.42. The molecule has 3 atom stereocenters. The van der Waals surface area contributed by atoms with Crippen LogP contribution in [0, 0.1) is 0 Å². The van der Waals surface area contributed by atoms with E-state index in [0.717, 1.165) is 0 Å². The zero-order valence-corrected chi connectivity index (χ0v) is 9.75. The third-order valence-electron chi connectivity index (χ3n) is 3.70. The van der Waals surface area contributed by atoms with Gasteiger partial charge in [0.05, 0.1) is 6.17 Å². The molecule has 0 spiro atoms. The molecule has 0 bridgehead atoms. The van der Waals surface area contributed by atoms with Crippen molar-refractivity contribution in [2.45, 2.75) is 58.8 Å². The number of rotatable bonds is 3. The van der Waals surface area contributed by atoms with E-state index in [0.29, 0.717) is 18.2 Å². The Morgan fingerprint density at radius 1 is 1.08 bits per heavy atom. The molecule has 1 aliphatic rings. The Bertz CT molecular complexity index is 144. The summed E-state index contributed by atoms with van der Waals surface area (Å²) in [4.78, 5) is 5.09. The minimum atomic E-state index is 0.622. The summed E-state index contributed by atoms with van der Waals surface area (Å²) >= 11 is 0. The Labute approximate surface area is 82.9 Å². The van der Waals surface area contributed by atoms with Crippen LogP contribution in [0.15, 0.2) is 0 Å². The molecule has 1 heterocycles. The molecule has 0 amide bonds. The van der Waals surface area contributed by atoms with Crippen LogP contribution in [0.5, 0.6) is 0 Å². The average Bonchev–Trinajstić information content (AvgIpc) is 2.30. The van der Waals surface area contributed by atoms with Gasteiger partial charge in [-0.2, -0.15) is 0 Å². The fraction of sp³-hybridized carbons (Fsp3) is 1.00. The van der Waals surface area contributed by atoms with Crippen molar-refractivity contribution >= 4 is 0 Å². The first-order chi connectivity index (χ1) is 6.09. The summed E-state index contributed by atoms with van der Waals surface area (Å²) < 4.78 is 0. The molecule has 0 N–H and O–H groups in total. The van der Waals surface area contributed by atoms with E-state index in [9.17, 15) is 0 Å². The SMILES string of the molecule is CCCCN1C(C)C(C)N(C)C1C. The first-order valence-electron chi connectivity index (χ1n) is 5.57. The summed E-state index contributed by atoms with van der Waals surface area (Å²) in [7, 11) is 2.23. The Balaban J connectivity index is 2.53. The lowest BCUT2D eigenvalue weighted by Gasteiger charge is -2.26. The predicted octanol–water partition coefficient (Wildman–Crippen LogP) is 2.16. The largest absolute Gasteiger partial charge is 0.287 e. The Morgan fingerprint density at radius 3 is 2.08 bits per heavy atom. The van der Waals surface area contributed by atoms with Gasteiger partial charge in [-0.1, -0.05) is 13.3 Å². The molecule has 0 saturated carbocycles. The number of unbranched alkanes of at least 4 members (excludes halogenated alkanes) is 1. The topological polar surface area (TPSA) is 6.48 Å². The van der Waals surface area contributed by atoms with Gasteiger partial charge in [-0.15, -0.1) is 0 Å². The first kappa shape index (κ1) is 11.0. The van der Waals surface area contributed by atoms with Crippen LogP contribution in [0.3, 0.4) is 0 Å². The Hall–Kier alpha value is -0.0800. The highest BCUT2D eigenvalue weighted by molar-refractivity contribution is 4.90. The van der Waals surface area contributed by atoms with Crippen molar-refractivity contribution in [2.24, 2.45) is 0 Å². The molecule has 13 heavy (non-hydrogen) atoms. The van der Waals surface area contributed by atoms with Gasteiger partial charge in [0.15, 0.2) is 0 Å². The summed E-state index contributed by atoms with van der Waals surface area (Å²) in [6.07, 6.45) is 3.25. The van der Waals surface area contributed by atoms with Gasteiger partial charge in [0.1, 0.15) is 0 Å². The second-order valence-electron chi connectivity index (χ2n) is 4.37. The van der Waals surface area contributed by atoms with E-state index in [1.807, 2.05) is 0 Å². The van der Waals surface area contributed by atoms with Crippen molar-refractivity contribution < 1.29 is 0 Å². The highest BCUT2D eigenvalue weighted by Crippen LogP contribution is 2.24. The van der Waals surface area contributed by atoms with Gasteiger partial charge in [-0.05, 0) is 40.8 Å². The summed E-state index contributed by atoms with van der Waals surface area (Å²) in [5.41, 5.74) is 0. The molecule has 1 aliphatic heterocycles. The van der Waals surface area contributed by atoms with E-state index in [4.69, 9.17) is 0 Å². The van der Waals surface area contributed by atoms with Crippen molar-refractivity contribution in [3.8, 4) is 0 Å². The predicted molar refractivity (Wildman–Crippen MR) is 57.8 cm³/mol. The third-order valence-corrected chi connectivity index (χ3v) is 3.70. The molecule has 1 rings (SSSR count). The van der Waals surface area contributed by atoms with Crippen molar-refractivity contribution in [2.75, 3.05) is 13.6 Å². The van der Waals surface area contributed by atoms with Crippen LogP contribution in [-0.4, -0.2) is 41.6 Å². The number of hydrogen-bond acceptors (Lipinski definition) is 2. The highest BCUT2D eigenvalue weighted by Gasteiger charge is 2.36. The maximum absolute atomic E-state index is 2.62. The van der Waals surface area contributed by atoms with Gasteiger partial charge in [0.2, 0.25) is 0 Å². The van der Waals surface area contributed by atoms with Crippen LogP contribution in [-0.2, 0) is 0 Å². The standard InChI is InChI=1S/C11H24N2/c1-6-7-8-13-10(3)9(2)12(5)11(13)4/h9-11H,6-8H2,1-5H3. The fourth-order valence-electron chi connectivity index (χ4n) is 2.26. The minimum absolute atomic E-state index is 0.622. The van der Waals surface area contributed by atoms with E-state index in [1.54, 1.807) is 0 Å². The quantitative estimate of drug-likeness (QED) is 0.663. The maximum Gasteiger partial charge on any atom is 0.0596 e. The maximum atomic E-state index is 2.62. The van der Waals surface area contributed by atoms with Crippen LogP contribution >= 0.6 is 0 Å². The average molecular weight is 184 g/mol. The molecule has 1 fully saturated rings. The monoisotopic (exact) mass is 184 g/mol. The summed E-state index contributed by atoms with van der Waals surface area (Å²) in [6.45, 7) is 10.5. The molecule has 0 aromatic heterocycles. The summed E-state index contributed by atoms with van der Waals surface area (Å²) in [5.74, 6) is 0. The molecule has 0 aromatic rings. The van der Waals surface area contributed by atoms with E-state index >= 15 is 0 Å². The summed E-state index contributed by atoms with van der Waals surface area (Å²) in [5, 5.41) is 0. The van der Waals surface area contributed by atoms with E-state index < -0.39 is 0 Å². The third kappa shape index (κ3) is 2.05. The van der Waals surface area contributed by atoms with Gasteiger partial charge < -0.3 is 0 Å². The van der Waals surface area contributed by atoms with E-state index in [2.05, 4.69) is 44.5 Å². The van der Waals surface area contributed by atoms with Gasteiger partial charge in [-0.3, -0.25) is 9.80 Å². The smallest absolute Gasteiger partial charge is 0.0596 e. The molecule has 78 valence electrons. The molecule has 0 aromatic carbocycles. The van der Waals surface area contributed by atoms with Crippen molar-refractivity contribution in [1.82, 2.24) is 9.80 Å². The highest BCUT2D eigenvalue weighted by atomic mass is 15.4. The zero-order valence-electron chi connectivity index (χ0n) is 9.75. The van der Waals surface area contributed by atoms with Gasteiger partial charge in [0.25, 0.3) is 0 Å². The van der Waals surface area contributed by atoms with Crippen molar-refractivity contribution in [1.29, 1.82) is 0 Å². The van der Waals surface area contributed by atoms with Crippen molar-refractivity contribution in [3.05, 3.63) is 0 Å². The number of nitrogens with zero attached hydrogens (tertiary/aromatic N) is 2. The minimum Gasteiger partial charge on any atom is -0.287 e. The Kier molecular flexibility index (Phi) is 3.74. The van der Waals surface area contributed by atoms with Crippen LogP contribution in [0.25, 0.3) is 0 Å². The molecule has 1 saturated heterocycles. The van der Waals surface area contributed by atoms with E-state index in [1.165, 1.54) is 19.4 Å². The number of likely N-dealkylation sites (N-methyl/N-ethyl adjacent to an activating group) is 1. The molecule has 2 nitrogen and oxygen atoms in total. The van der Waals surface area contributed by atoms with Crippen LogP contribution in [0.2, 0.25) is 0 Å². The molecule has 3 unspecified atom stereocenters. The van der Waals surface area contributed by atoms with E-state index in [-0.39, 0.29) is 0 Å². The second-order valence-corrected chi connectivity index (χ2v) is 4.37. The molecular weight excluding hydrogens is 160 g/mol. The molecule has 2 heteroatoms. The van der Waals surface area contributed by atoms with Gasteiger partial charge >= 0.3 is 0 Å². The molecule has 0 aliphatic carbocycles. The van der Waals surface area contributed by atoms with Crippen LogP contribution < -0.4 is 0 Å². The van der Waals surface area contributed by atoms with Crippen LogP contribution in [0.4, 0.5) is 0 Å². The molecule has 0 radical (unpaired) electrons. The lowest BCUT2D eigenvalue weighted by Crippen LogP contribution is -2.37.